The van der Waals surface area contributed by atoms with Gasteiger partial charge in [-0.3, -0.25) is 14.7 Å². The molecule has 8 nitrogen and oxygen atoms in total. The van der Waals surface area contributed by atoms with Crippen LogP contribution in [0.2, 0.25) is 0 Å². The van der Waals surface area contributed by atoms with Gasteiger partial charge < -0.3 is 14.7 Å². The van der Waals surface area contributed by atoms with Crippen molar-refractivity contribution in [1.29, 1.82) is 0 Å². The number of amides is 2. The van der Waals surface area contributed by atoms with E-state index in [2.05, 4.69) is 15.2 Å². The molecule has 1 fully saturated rings. The molecule has 0 aliphatic carbocycles. The lowest BCUT2D eigenvalue weighted by molar-refractivity contribution is -0.182. The number of nitrogens with one attached hydrogen (secondary N) is 1. The van der Waals surface area contributed by atoms with Gasteiger partial charge in [0.25, 0.3) is 5.91 Å². The zero-order valence-corrected chi connectivity index (χ0v) is 17.8. The molecule has 0 spiro atoms. The lowest BCUT2D eigenvalue weighted by Crippen LogP contribution is -2.48. The molecule has 33 heavy (non-hydrogen) atoms. The van der Waals surface area contributed by atoms with E-state index in [0.29, 0.717) is 23.3 Å². The number of H-pyrrole nitrogens is 1. The highest BCUT2D eigenvalue weighted by Gasteiger charge is 2.48. The van der Waals surface area contributed by atoms with Crippen LogP contribution in [0.25, 0.3) is 11.0 Å². The fourth-order valence-corrected chi connectivity index (χ4v) is 4.62. The number of aromatic nitrogens is 3. The van der Waals surface area contributed by atoms with Crippen LogP contribution < -0.4 is 4.90 Å². The number of aromatic amines is 1. The van der Waals surface area contributed by atoms with Gasteiger partial charge in [0.05, 0.1) is 29.3 Å². The molecular weight excluding hydrogens is 437 g/mol. The third-order valence-electron chi connectivity index (χ3n) is 6.29. The number of hydrogen-bond donors (Lipinski definition) is 1. The van der Waals surface area contributed by atoms with Gasteiger partial charge >= 0.3 is 6.18 Å². The maximum absolute atomic E-state index is 13.3. The standard InChI is InChI=1S/C22H21F3N6O2/c1-29(15-8-14-9-27-28-20(14)26-10-15)16-5-2-4-13-11-30(21(33)19(13)16)12-18(32)31-7-3-6-17(31)22(23,24)25/h2,4-5,8-10,17H,3,6-7,11-12H2,1H3,(H,26,27,28)/t17-/m0/s1. The molecule has 1 saturated heterocycles. The Balaban J connectivity index is 1.38. The average molecular weight is 458 g/mol. The summed E-state index contributed by atoms with van der Waals surface area (Å²) in [4.78, 5) is 34.2. The number of likely N-dealkylation sites (tertiary alicyclic amines) is 1. The minimum absolute atomic E-state index is 0.0511. The third-order valence-corrected chi connectivity index (χ3v) is 6.29. The number of carbonyl (C=O) groups excluding carboxylic acids is 2. The predicted octanol–water partition coefficient (Wildman–Crippen LogP) is 3.23. The van der Waals surface area contributed by atoms with Crippen LogP contribution in [-0.2, 0) is 11.3 Å². The summed E-state index contributed by atoms with van der Waals surface area (Å²) in [6, 6.07) is 5.50. The van der Waals surface area contributed by atoms with Crippen LogP contribution in [-0.4, -0.2) is 69.2 Å². The lowest BCUT2D eigenvalue weighted by atomic mass is 10.1. The second-order valence-corrected chi connectivity index (χ2v) is 8.32. The quantitative estimate of drug-likeness (QED) is 0.649. The highest BCUT2D eigenvalue weighted by atomic mass is 19.4. The number of rotatable bonds is 4. The smallest absolute Gasteiger partial charge is 0.343 e. The fourth-order valence-electron chi connectivity index (χ4n) is 4.62. The number of carbonyl (C=O) groups is 2. The summed E-state index contributed by atoms with van der Waals surface area (Å²) < 4.78 is 39.8. The number of halogens is 3. The first-order valence-electron chi connectivity index (χ1n) is 10.5. The zero-order valence-electron chi connectivity index (χ0n) is 17.8. The van der Waals surface area contributed by atoms with E-state index >= 15 is 0 Å². The molecular formula is C22H21F3N6O2. The maximum Gasteiger partial charge on any atom is 0.408 e. The van der Waals surface area contributed by atoms with E-state index in [9.17, 15) is 22.8 Å². The number of fused-ring (bicyclic) bond motifs is 2. The molecule has 2 aromatic heterocycles. The van der Waals surface area contributed by atoms with Crippen LogP contribution in [0.3, 0.4) is 0 Å². The molecule has 2 aliphatic rings. The van der Waals surface area contributed by atoms with Crippen molar-refractivity contribution in [2.45, 2.75) is 31.6 Å². The molecule has 1 atom stereocenters. The summed E-state index contributed by atoms with van der Waals surface area (Å²) in [5.74, 6) is -1.05. The normalized spacial score (nSPS) is 18.3. The molecule has 11 heteroatoms. The van der Waals surface area contributed by atoms with E-state index in [1.807, 2.05) is 17.0 Å². The van der Waals surface area contributed by atoms with Gasteiger partial charge in [-0.2, -0.15) is 18.3 Å². The highest BCUT2D eigenvalue weighted by Crippen LogP contribution is 2.36. The van der Waals surface area contributed by atoms with E-state index in [-0.39, 0.29) is 32.0 Å². The maximum atomic E-state index is 13.3. The van der Waals surface area contributed by atoms with Crippen LogP contribution in [0.1, 0.15) is 28.8 Å². The Hall–Kier alpha value is -3.63. The highest BCUT2D eigenvalue weighted by molar-refractivity contribution is 6.05. The van der Waals surface area contributed by atoms with Gasteiger partial charge in [0, 0.05) is 25.5 Å². The van der Waals surface area contributed by atoms with Crippen LogP contribution in [0.5, 0.6) is 0 Å². The van der Waals surface area contributed by atoms with Crippen LogP contribution in [0, 0.1) is 0 Å². The number of hydrogen-bond acceptors (Lipinski definition) is 5. The Morgan fingerprint density at radius 3 is 2.91 bits per heavy atom. The summed E-state index contributed by atoms with van der Waals surface area (Å²) in [6.07, 6.45) is -0.961. The Bertz CT molecular complexity index is 1240. The van der Waals surface area contributed by atoms with Crippen molar-refractivity contribution in [2.75, 3.05) is 25.0 Å². The molecule has 1 N–H and O–H groups in total. The first-order chi connectivity index (χ1) is 15.7. The van der Waals surface area contributed by atoms with Crippen LogP contribution >= 0.6 is 0 Å². The van der Waals surface area contributed by atoms with Gasteiger partial charge in [0.15, 0.2) is 5.65 Å². The van der Waals surface area contributed by atoms with Gasteiger partial charge in [0.1, 0.15) is 12.6 Å². The topological polar surface area (TPSA) is 85.4 Å². The van der Waals surface area contributed by atoms with E-state index in [0.717, 1.165) is 21.5 Å². The minimum atomic E-state index is -4.47. The van der Waals surface area contributed by atoms with Crippen molar-refractivity contribution in [2.24, 2.45) is 0 Å². The lowest BCUT2D eigenvalue weighted by Gasteiger charge is -2.28. The third kappa shape index (κ3) is 3.66. The zero-order chi connectivity index (χ0) is 23.3. The summed E-state index contributed by atoms with van der Waals surface area (Å²) in [6.45, 7) is -0.160. The summed E-state index contributed by atoms with van der Waals surface area (Å²) in [5, 5.41) is 7.56. The van der Waals surface area contributed by atoms with Gasteiger partial charge in [-0.15, -0.1) is 0 Å². The van der Waals surface area contributed by atoms with E-state index in [1.165, 1.54) is 4.90 Å². The number of benzene rings is 1. The van der Waals surface area contributed by atoms with E-state index < -0.39 is 18.1 Å². The second-order valence-electron chi connectivity index (χ2n) is 8.32. The van der Waals surface area contributed by atoms with Crippen molar-refractivity contribution in [3.05, 3.63) is 47.8 Å². The van der Waals surface area contributed by atoms with Crippen molar-refractivity contribution in [3.8, 4) is 0 Å². The minimum Gasteiger partial charge on any atom is -0.343 e. The second kappa shape index (κ2) is 7.75. The van der Waals surface area contributed by atoms with Gasteiger partial charge in [-0.05, 0) is 30.5 Å². The molecule has 1 aromatic carbocycles. The van der Waals surface area contributed by atoms with Crippen molar-refractivity contribution in [1.82, 2.24) is 25.0 Å². The molecule has 0 saturated carbocycles. The largest absolute Gasteiger partial charge is 0.408 e. The van der Waals surface area contributed by atoms with Gasteiger partial charge in [-0.1, -0.05) is 12.1 Å². The molecule has 0 bridgehead atoms. The fraction of sp³-hybridized carbons (Fsp3) is 0.364. The van der Waals surface area contributed by atoms with E-state index in [1.54, 1.807) is 31.6 Å². The molecule has 0 unspecified atom stereocenters. The van der Waals surface area contributed by atoms with Gasteiger partial charge in [0.2, 0.25) is 5.91 Å². The van der Waals surface area contributed by atoms with Crippen molar-refractivity contribution in [3.63, 3.8) is 0 Å². The molecule has 2 aliphatic heterocycles. The number of nitrogens with zero attached hydrogens (tertiary/aromatic N) is 5. The molecule has 4 heterocycles. The Labute approximate surface area is 187 Å². The monoisotopic (exact) mass is 458 g/mol. The van der Waals surface area contributed by atoms with Crippen molar-refractivity contribution >= 4 is 34.2 Å². The molecule has 3 aromatic rings. The number of alkyl halides is 3. The van der Waals surface area contributed by atoms with Crippen LogP contribution in [0.4, 0.5) is 24.5 Å². The Morgan fingerprint density at radius 2 is 2.12 bits per heavy atom. The first kappa shape index (κ1) is 21.2. The molecule has 5 rings (SSSR count). The van der Waals surface area contributed by atoms with E-state index in [4.69, 9.17) is 0 Å². The summed E-state index contributed by atoms with van der Waals surface area (Å²) >= 11 is 0. The number of pyridine rings is 1. The number of anilines is 2. The average Bonchev–Trinajstić information content (AvgIpc) is 3.51. The predicted molar refractivity (Wildman–Crippen MR) is 114 cm³/mol. The Morgan fingerprint density at radius 1 is 1.30 bits per heavy atom. The molecule has 2 amide bonds. The van der Waals surface area contributed by atoms with Gasteiger partial charge in [-0.25, -0.2) is 4.98 Å². The first-order valence-corrected chi connectivity index (χ1v) is 10.5. The Kier molecular flexibility index (Phi) is 4.98. The summed E-state index contributed by atoms with van der Waals surface area (Å²) in [5.41, 5.74) is 3.18. The molecule has 0 radical (unpaired) electrons. The van der Waals surface area contributed by atoms with Crippen LogP contribution in [0.15, 0.2) is 36.7 Å². The summed E-state index contributed by atoms with van der Waals surface area (Å²) in [7, 11) is 1.80. The van der Waals surface area contributed by atoms with Crippen molar-refractivity contribution < 1.29 is 22.8 Å². The molecule has 172 valence electrons. The SMILES string of the molecule is CN(c1cnc2[nH]ncc2c1)c1cccc2c1C(=O)N(CC(=O)N1CCC[C@H]1C(F)(F)F)C2.